The smallest absolute Gasteiger partial charge is 0.253 e. The van der Waals surface area contributed by atoms with Crippen molar-refractivity contribution in [2.24, 2.45) is 0 Å². The van der Waals surface area contributed by atoms with E-state index in [0.29, 0.717) is 18.2 Å². The van der Waals surface area contributed by atoms with Gasteiger partial charge in [-0.25, -0.2) is 0 Å². The molecule has 0 radical (unpaired) electrons. The average molecular weight is 284 g/mol. The Kier molecular flexibility index (Phi) is 5.26. The molecule has 0 fully saturated rings. The molecule has 0 saturated heterocycles. The third-order valence-corrected chi connectivity index (χ3v) is 3.23. The van der Waals surface area contributed by atoms with E-state index in [9.17, 15) is 4.79 Å². The molecular formula is C16H20N4O. The zero-order valence-corrected chi connectivity index (χ0v) is 12.3. The molecule has 5 nitrogen and oxygen atoms in total. The molecule has 2 rings (SSSR count). The van der Waals surface area contributed by atoms with Gasteiger partial charge in [-0.05, 0) is 37.1 Å². The molecule has 0 spiro atoms. The minimum absolute atomic E-state index is 0.132. The van der Waals surface area contributed by atoms with Crippen molar-refractivity contribution in [3.63, 3.8) is 0 Å². The highest BCUT2D eigenvalue weighted by molar-refractivity contribution is 5.94. The van der Waals surface area contributed by atoms with Crippen molar-refractivity contribution in [2.75, 3.05) is 5.32 Å². The van der Waals surface area contributed by atoms with Crippen LogP contribution in [0.25, 0.3) is 0 Å². The number of carbonyl (C=O) groups is 1. The van der Waals surface area contributed by atoms with Gasteiger partial charge in [0.15, 0.2) is 0 Å². The largest absolute Gasteiger partial charge is 0.381 e. The Hall–Kier alpha value is -2.43. The number of carbonyl (C=O) groups excluding carboxylic acids is 1. The van der Waals surface area contributed by atoms with Crippen molar-refractivity contribution in [3.8, 4) is 0 Å². The molecule has 1 unspecified atom stereocenters. The minimum Gasteiger partial charge on any atom is -0.381 e. The number of pyridine rings is 2. The second-order valence-electron chi connectivity index (χ2n) is 4.95. The Morgan fingerprint density at radius 3 is 2.71 bits per heavy atom. The lowest BCUT2D eigenvalue weighted by Gasteiger charge is -2.13. The van der Waals surface area contributed by atoms with Gasteiger partial charge in [0.05, 0.1) is 11.3 Å². The van der Waals surface area contributed by atoms with E-state index in [2.05, 4.69) is 34.4 Å². The first kappa shape index (κ1) is 15.0. The van der Waals surface area contributed by atoms with E-state index in [4.69, 9.17) is 0 Å². The van der Waals surface area contributed by atoms with Crippen molar-refractivity contribution in [1.29, 1.82) is 0 Å². The minimum atomic E-state index is -0.132. The summed E-state index contributed by atoms with van der Waals surface area (Å²) in [4.78, 5) is 20.2. The summed E-state index contributed by atoms with van der Waals surface area (Å²) in [6.07, 6.45) is 7.73. The number of nitrogens with one attached hydrogen (secondary N) is 2. The van der Waals surface area contributed by atoms with Crippen molar-refractivity contribution < 1.29 is 4.79 Å². The van der Waals surface area contributed by atoms with Crippen molar-refractivity contribution >= 4 is 11.6 Å². The standard InChI is InChI=1S/C16H20N4O/c1-3-12(2)20-15-8-14(10-18-11-15)16(21)19-9-13-4-6-17-7-5-13/h4-8,10-12,20H,3,9H2,1-2H3,(H,19,21). The van der Waals surface area contributed by atoms with Gasteiger partial charge in [-0.2, -0.15) is 0 Å². The molecule has 2 aromatic heterocycles. The first-order valence-electron chi connectivity index (χ1n) is 7.07. The maximum Gasteiger partial charge on any atom is 0.253 e. The van der Waals surface area contributed by atoms with E-state index in [0.717, 1.165) is 17.7 Å². The van der Waals surface area contributed by atoms with Crippen LogP contribution in [0, 0.1) is 0 Å². The second kappa shape index (κ2) is 7.38. The number of amides is 1. The van der Waals surface area contributed by atoms with E-state index in [1.165, 1.54) is 0 Å². The summed E-state index contributed by atoms with van der Waals surface area (Å²) in [5.41, 5.74) is 2.43. The van der Waals surface area contributed by atoms with E-state index in [1.54, 1.807) is 24.8 Å². The van der Waals surface area contributed by atoms with Crippen LogP contribution < -0.4 is 10.6 Å². The van der Waals surface area contributed by atoms with Gasteiger partial charge < -0.3 is 10.6 Å². The zero-order chi connectivity index (χ0) is 15.1. The van der Waals surface area contributed by atoms with Gasteiger partial charge in [-0.1, -0.05) is 6.92 Å². The molecule has 0 aliphatic carbocycles. The summed E-state index contributed by atoms with van der Waals surface area (Å²) in [6.45, 7) is 4.68. The molecule has 21 heavy (non-hydrogen) atoms. The first-order valence-corrected chi connectivity index (χ1v) is 7.07. The molecule has 1 amide bonds. The summed E-state index contributed by atoms with van der Waals surface area (Å²) in [5.74, 6) is -0.132. The molecule has 1 atom stereocenters. The fourth-order valence-corrected chi connectivity index (χ4v) is 1.81. The van der Waals surface area contributed by atoms with Gasteiger partial charge in [0.2, 0.25) is 0 Å². The molecule has 2 heterocycles. The Balaban J connectivity index is 1.97. The molecule has 0 bridgehead atoms. The van der Waals surface area contributed by atoms with E-state index in [-0.39, 0.29) is 5.91 Å². The molecule has 110 valence electrons. The lowest BCUT2D eigenvalue weighted by atomic mass is 10.2. The molecule has 0 saturated carbocycles. The quantitative estimate of drug-likeness (QED) is 0.855. The Morgan fingerprint density at radius 2 is 2.00 bits per heavy atom. The number of hydrogen-bond acceptors (Lipinski definition) is 4. The van der Waals surface area contributed by atoms with E-state index in [1.807, 2.05) is 18.2 Å². The summed E-state index contributed by atoms with van der Waals surface area (Å²) in [5, 5.41) is 6.19. The Morgan fingerprint density at radius 1 is 1.24 bits per heavy atom. The molecule has 5 heteroatoms. The predicted octanol–water partition coefficient (Wildman–Crippen LogP) is 2.62. The van der Waals surface area contributed by atoms with Crippen LogP contribution in [0.1, 0.15) is 36.2 Å². The number of aromatic nitrogens is 2. The van der Waals surface area contributed by atoms with Gasteiger partial charge >= 0.3 is 0 Å². The van der Waals surface area contributed by atoms with Gasteiger partial charge in [0.1, 0.15) is 0 Å². The summed E-state index contributed by atoms with van der Waals surface area (Å²) >= 11 is 0. The third kappa shape index (κ3) is 4.56. The van der Waals surface area contributed by atoms with Crippen LogP contribution in [0.4, 0.5) is 5.69 Å². The van der Waals surface area contributed by atoms with Crippen LogP contribution in [0.2, 0.25) is 0 Å². The molecule has 0 aliphatic rings. The van der Waals surface area contributed by atoms with Gasteiger partial charge in [0, 0.05) is 37.4 Å². The fourth-order valence-electron chi connectivity index (χ4n) is 1.81. The number of hydrogen-bond donors (Lipinski definition) is 2. The monoisotopic (exact) mass is 284 g/mol. The third-order valence-electron chi connectivity index (χ3n) is 3.23. The van der Waals surface area contributed by atoms with Crippen LogP contribution in [0.5, 0.6) is 0 Å². The van der Waals surface area contributed by atoms with Crippen molar-refractivity contribution in [1.82, 2.24) is 15.3 Å². The maximum absolute atomic E-state index is 12.1. The normalized spacial score (nSPS) is 11.7. The SMILES string of the molecule is CCC(C)Nc1cncc(C(=O)NCc2ccncc2)c1. The Labute approximate surface area is 124 Å². The fraction of sp³-hybridized carbons (Fsp3) is 0.312. The number of rotatable bonds is 6. The summed E-state index contributed by atoms with van der Waals surface area (Å²) in [6, 6.07) is 5.92. The topological polar surface area (TPSA) is 66.9 Å². The van der Waals surface area contributed by atoms with Crippen molar-refractivity contribution in [2.45, 2.75) is 32.9 Å². The van der Waals surface area contributed by atoms with E-state index < -0.39 is 0 Å². The highest BCUT2D eigenvalue weighted by Gasteiger charge is 2.07. The molecule has 0 aliphatic heterocycles. The highest BCUT2D eigenvalue weighted by Crippen LogP contribution is 2.11. The zero-order valence-electron chi connectivity index (χ0n) is 12.3. The van der Waals surface area contributed by atoms with Gasteiger partial charge in [-0.3, -0.25) is 14.8 Å². The average Bonchev–Trinajstić information content (AvgIpc) is 2.53. The van der Waals surface area contributed by atoms with Crippen molar-refractivity contribution in [3.05, 3.63) is 54.1 Å². The number of anilines is 1. The second-order valence-corrected chi connectivity index (χ2v) is 4.95. The maximum atomic E-state index is 12.1. The molecule has 0 aromatic carbocycles. The lowest BCUT2D eigenvalue weighted by molar-refractivity contribution is 0.0950. The van der Waals surface area contributed by atoms with Gasteiger partial charge in [0.25, 0.3) is 5.91 Å². The van der Waals surface area contributed by atoms with Gasteiger partial charge in [-0.15, -0.1) is 0 Å². The summed E-state index contributed by atoms with van der Waals surface area (Å²) < 4.78 is 0. The molecule has 2 aromatic rings. The van der Waals surface area contributed by atoms with E-state index >= 15 is 0 Å². The number of nitrogens with zero attached hydrogens (tertiary/aromatic N) is 2. The van der Waals surface area contributed by atoms with Crippen LogP contribution in [0.15, 0.2) is 43.0 Å². The Bertz CT molecular complexity index is 586. The summed E-state index contributed by atoms with van der Waals surface area (Å²) in [7, 11) is 0. The van der Waals surface area contributed by atoms with Crippen LogP contribution in [0.3, 0.4) is 0 Å². The van der Waals surface area contributed by atoms with Crippen LogP contribution in [-0.2, 0) is 6.54 Å². The lowest BCUT2D eigenvalue weighted by Crippen LogP contribution is -2.23. The van der Waals surface area contributed by atoms with Crippen LogP contribution >= 0.6 is 0 Å². The highest BCUT2D eigenvalue weighted by atomic mass is 16.1. The van der Waals surface area contributed by atoms with Crippen LogP contribution in [-0.4, -0.2) is 21.9 Å². The molecule has 2 N–H and O–H groups in total. The first-order chi connectivity index (χ1) is 10.2. The predicted molar refractivity (Wildman–Crippen MR) is 83.0 cm³/mol. The molecular weight excluding hydrogens is 264 g/mol.